The number of carbonyl (C=O) groups is 1. The van der Waals surface area contributed by atoms with Crippen molar-refractivity contribution in [2.45, 2.75) is 32.1 Å². The number of nitrogens with zero attached hydrogens (tertiary/aromatic N) is 2. The quantitative estimate of drug-likeness (QED) is 0.130. The van der Waals surface area contributed by atoms with E-state index in [-0.39, 0.29) is 5.91 Å². The molecule has 0 aliphatic rings. The van der Waals surface area contributed by atoms with Crippen molar-refractivity contribution >= 4 is 22.6 Å². The van der Waals surface area contributed by atoms with Gasteiger partial charge in [-0.2, -0.15) is 0 Å². The van der Waals surface area contributed by atoms with Crippen molar-refractivity contribution in [1.29, 1.82) is 0 Å². The zero-order valence-electron chi connectivity index (χ0n) is 18.9. The first kappa shape index (κ1) is 25.4. The second kappa shape index (κ2) is 13.6. The third-order valence-electron chi connectivity index (χ3n) is 4.87. The van der Waals surface area contributed by atoms with Gasteiger partial charge in [0.1, 0.15) is 12.1 Å². The Morgan fingerprint density at radius 2 is 2.03 bits per heavy atom. The third-order valence-corrected chi connectivity index (χ3v) is 4.87. The molecule has 0 atom stereocenters. The van der Waals surface area contributed by atoms with Gasteiger partial charge in [-0.15, -0.1) is 6.42 Å². The van der Waals surface area contributed by atoms with Crippen molar-refractivity contribution < 1.29 is 19.5 Å². The first-order valence-corrected chi connectivity index (χ1v) is 10.6. The highest BCUT2D eigenvalue weighted by molar-refractivity contribution is 5.91. The molecule has 0 spiro atoms. The maximum absolute atomic E-state index is 11.0. The molecule has 1 amide bonds. The fraction of sp³-hybridized carbons (Fsp3) is 0.320. The van der Waals surface area contributed by atoms with E-state index in [0.29, 0.717) is 48.9 Å². The maximum atomic E-state index is 11.0. The topological polar surface area (TPSA) is 106 Å². The lowest BCUT2D eigenvalue weighted by Crippen LogP contribution is -2.17. The lowest BCUT2D eigenvalue weighted by atomic mass is 10.1. The van der Waals surface area contributed by atoms with E-state index in [1.807, 2.05) is 12.1 Å². The van der Waals surface area contributed by atoms with E-state index >= 15 is 0 Å². The van der Waals surface area contributed by atoms with Crippen LogP contribution in [0.25, 0.3) is 10.9 Å². The third kappa shape index (κ3) is 7.98. The van der Waals surface area contributed by atoms with Crippen molar-refractivity contribution in [3.63, 3.8) is 0 Å². The fourth-order valence-electron chi connectivity index (χ4n) is 3.09. The Hall–Kier alpha value is -3.83. The van der Waals surface area contributed by atoms with Gasteiger partial charge in [0, 0.05) is 30.0 Å². The molecule has 0 saturated heterocycles. The molecule has 3 N–H and O–H groups in total. The van der Waals surface area contributed by atoms with Gasteiger partial charge in [0.05, 0.1) is 19.2 Å². The Labute approximate surface area is 194 Å². The number of ether oxygens (including phenoxy) is 2. The molecule has 1 aromatic carbocycles. The first-order chi connectivity index (χ1) is 16.0. The number of anilines is 1. The summed E-state index contributed by atoms with van der Waals surface area (Å²) >= 11 is 0. The SMILES string of the molecule is C#CC(=C)/C=C(\C=C)CNc1ncnc2cc(OC)c(OCCCCCCC(=O)NO)cc12. The predicted molar refractivity (Wildman–Crippen MR) is 129 cm³/mol. The van der Waals surface area contributed by atoms with Crippen molar-refractivity contribution in [3.8, 4) is 23.8 Å². The summed E-state index contributed by atoms with van der Waals surface area (Å²) in [7, 11) is 1.58. The van der Waals surface area contributed by atoms with Crippen LogP contribution in [0.3, 0.4) is 0 Å². The van der Waals surface area contributed by atoms with Gasteiger partial charge in [0.2, 0.25) is 5.91 Å². The normalized spacial score (nSPS) is 10.9. The lowest BCUT2D eigenvalue weighted by molar-refractivity contribution is -0.129. The molecule has 8 heteroatoms. The number of hydroxylamine groups is 1. The van der Waals surface area contributed by atoms with Crippen LogP contribution in [-0.2, 0) is 4.79 Å². The number of unbranched alkanes of at least 4 members (excludes halogenated alkanes) is 3. The van der Waals surface area contributed by atoms with Gasteiger partial charge in [-0.25, -0.2) is 15.4 Å². The van der Waals surface area contributed by atoms with Gasteiger partial charge < -0.3 is 14.8 Å². The highest BCUT2D eigenvalue weighted by Crippen LogP contribution is 2.34. The maximum Gasteiger partial charge on any atom is 0.243 e. The number of nitrogens with one attached hydrogen (secondary N) is 2. The van der Waals surface area contributed by atoms with E-state index in [9.17, 15) is 4.79 Å². The molecule has 1 heterocycles. The van der Waals surface area contributed by atoms with Crippen LogP contribution < -0.4 is 20.3 Å². The summed E-state index contributed by atoms with van der Waals surface area (Å²) in [6.07, 6.45) is 14.0. The van der Waals surface area contributed by atoms with E-state index in [1.165, 1.54) is 6.33 Å². The Morgan fingerprint density at radius 3 is 2.73 bits per heavy atom. The molecule has 0 bridgehead atoms. The van der Waals surface area contributed by atoms with Crippen molar-refractivity contribution in [2.75, 3.05) is 25.6 Å². The van der Waals surface area contributed by atoms with Gasteiger partial charge in [0.25, 0.3) is 0 Å². The minimum absolute atomic E-state index is 0.311. The minimum atomic E-state index is -0.365. The summed E-state index contributed by atoms with van der Waals surface area (Å²) in [5.74, 6) is 3.96. The summed E-state index contributed by atoms with van der Waals surface area (Å²) < 4.78 is 11.4. The van der Waals surface area contributed by atoms with Gasteiger partial charge in [-0.3, -0.25) is 10.0 Å². The number of methoxy groups -OCH3 is 1. The number of fused-ring (bicyclic) bond motifs is 1. The van der Waals surface area contributed by atoms with Crippen molar-refractivity contribution in [1.82, 2.24) is 15.4 Å². The molecule has 2 aromatic rings. The largest absolute Gasteiger partial charge is 0.493 e. The summed E-state index contributed by atoms with van der Waals surface area (Å²) in [6.45, 7) is 8.57. The predicted octanol–water partition coefficient (Wildman–Crippen LogP) is 4.19. The molecule has 1 aromatic heterocycles. The van der Waals surface area contributed by atoms with E-state index in [4.69, 9.17) is 21.1 Å². The molecule has 33 heavy (non-hydrogen) atoms. The molecule has 0 radical (unpaired) electrons. The Kier molecular flexibility index (Phi) is 10.4. The van der Waals surface area contributed by atoms with Crippen molar-refractivity contribution in [3.05, 3.63) is 54.9 Å². The molecular formula is C25H30N4O4. The number of amides is 1. The van der Waals surface area contributed by atoms with Crippen LogP contribution in [0.2, 0.25) is 0 Å². The number of aromatic nitrogens is 2. The number of hydrogen-bond acceptors (Lipinski definition) is 7. The number of carbonyl (C=O) groups excluding carboxylic acids is 1. The molecular weight excluding hydrogens is 420 g/mol. The molecule has 0 saturated carbocycles. The van der Waals surface area contributed by atoms with E-state index in [2.05, 4.69) is 34.4 Å². The second-order valence-electron chi connectivity index (χ2n) is 7.24. The van der Waals surface area contributed by atoms with Crippen LogP contribution in [0.4, 0.5) is 5.82 Å². The number of rotatable bonds is 14. The van der Waals surface area contributed by atoms with Crippen molar-refractivity contribution in [2.24, 2.45) is 0 Å². The summed E-state index contributed by atoms with van der Waals surface area (Å²) in [6, 6.07) is 3.68. The van der Waals surface area contributed by atoms with Gasteiger partial charge >= 0.3 is 0 Å². The Balaban J connectivity index is 2.06. The van der Waals surface area contributed by atoms with Gasteiger partial charge in [-0.1, -0.05) is 38.0 Å². The van der Waals surface area contributed by atoms with Crippen LogP contribution in [-0.4, -0.2) is 41.3 Å². The molecule has 0 unspecified atom stereocenters. The van der Waals surface area contributed by atoms with E-state index < -0.39 is 0 Å². The molecule has 0 aliphatic heterocycles. The number of hydrogen-bond donors (Lipinski definition) is 3. The van der Waals surface area contributed by atoms with Crippen LogP contribution in [0.15, 0.2) is 54.9 Å². The zero-order chi connectivity index (χ0) is 24.1. The van der Waals surface area contributed by atoms with Crippen LogP contribution in [0.1, 0.15) is 32.1 Å². The Bertz CT molecular complexity index is 1060. The van der Waals surface area contributed by atoms with Gasteiger partial charge in [0.15, 0.2) is 11.5 Å². The van der Waals surface area contributed by atoms with E-state index in [1.54, 1.807) is 24.7 Å². The summed E-state index contributed by atoms with van der Waals surface area (Å²) in [4.78, 5) is 19.7. The smallest absolute Gasteiger partial charge is 0.243 e. The lowest BCUT2D eigenvalue weighted by Gasteiger charge is -2.14. The van der Waals surface area contributed by atoms with Crippen LogP contribution in [0, 0.1) is 12.3 Å². The average molecular weight is 451 g/mol. The average Bonchev–Trinajstić information content (AvgIpc) is 2.84. The summed E-state index contributed by atoms with van der Waals surface area (Å²) in [5, 5.41) is 12.6. The molecule has 0 aliphatic carbocycles. The van der Waals surface area contributed by atoms with Crippen LogP contribution >= 0.6 is 0 Å². The molecule has 0 fully saturated rings. The molecule has 174 valence electrons. The summed E-state index contributed by atoms with van der Waals surface area (Å²) in [5.41, 5.74) is 3.80. The molecule has 2 rings (SSSR count). The van der Waals surface area contributed by atoms with Crippen LogP contribution in [0.5, 0.6) is 11.5 Å². The Morgan fingerprint density at radius 1 is 1.24 bits per heavy atom. The zero-order valence-corrected chi connectivity index (χ0v) is 18.9. The number of benzene rings is 1. The number of allylic oxidation sites excluding steroid dienone is 2. The fourth-order valence-corrected chi connectivity index (χ4v) is 3.09. The van der Waals surface area contributed by atoms with E-state index in [0.717, 1.165) is 35.7 Å². The highest BCUT2D eigenvalue weighted by atomic mass is 16.5. The second-order valence-corrected chi connectivity index (χ2v) is 7.24. The van der Waals surface area contributed by atoms with Gasteiger partial charge in [-0.05, 0) is 30.6 Å². The monoisotopic (exact) mass is 450 g/mol. The molecule has 8 nitrogen and oxygen atoms in total. The first-order valence-electron chi connectivity index (χ1n) is 10.6. The standard InChI is InChI=1S/C25H30N4O4/c1-5-18(3)13-19(6-2)16-26-25-20-14-23(22(32-4)15-21(20)27-17-28-25)33-12-10-8-7-9-11-24(30)29-31/h1,6,13-15,17,31H,2-3,7-12,16H2,4H3,(H,29,30)(H,26,27,28)/b19-13+. The highest BCUT2D eigenvalue weighted by Gasteiger charge is 2.12. The number of terminal acetylenes is 1. The minimum Gasteiger partial charge on any atom is -0.493 e.